The number of aryl methyl sites for hydroxylation is 1. The molecule has 0 radical (unpaired) electrons. The molecule has 0 aliphatic heterocycles. The number of carbonyl (C=O) groups is 2. The lowest BCUT2D eigenvalue weighted by molar-refractivity contribution is -0.128. The summed E-state index contributed by atoms with van der Waals surface area (Å²) in [6, 6.07) is 5.59. The van der Waals surface area contributed by atoms with Crippen molar-refractivity contribution in [1.82, 2.24) is 0 Å². The Morgan fingerprint density at radius 3 is 2.54 bits per heavy atom. The van der Waals surface area contributed by atoms with Crippen LogP contribution in [0, 0.1) is 29.6 Å². The Labute approximate surface area is 156 Å². The number of allylic oxidation sites excluding steroid dienone is 1. The van der Waals surface area contributed by atoms with Gasteiger partial charge in [-0.1, -0.05) is 33.8 Å². The fourth-order valence-electron chi connectivity index (χ4n) is 5.53. The molecule has 3 heteroatoms. The zero-order valence-electron chi connectivity index (χ0n) is 16.6. The van der Waals surface area contributed by atoms with E-state index in [0.717, 1.165) is 24.8 Å². The fourth-order valence-corrected chi connectivity index (χ4v) is 5.53. The molecule has 0 spiro atoms. The number of methoxy groups -OCH3 is 1. The van der Waals surface area contributed by atoms with Crippen LogP contribution in [0.3, 0.4) is 0 Å². The van der Waals surface area contributed by atoms with E-state index in [4.69, 9.17) is 4.74 Å². The summed E-state index contributed by atoms with van der Waals surface area (Å²) in [5.41, 5.74) is 1.93. The summed E-state index contributed by atoms with van der Waals surface area (Å²) in [7, 11) is 1.60. The molecule has 0 bridgehead atoms. The highest BCUT2D eigenvalue weighted by atomic mass is 16.5. The van der Waals surface area contributed by atoms with E-state index in [1.807, 2.05) is 19.1 Å². The summed E-state index contributed by atoms with van der Waals surface area (Å²) in [4.78, 5) is 26.3. The highest BCUT2D eigenvalue weighted by Crippen LogP contribution is 2.60. The van der Waals surface area contributed by atoms with Crippen LogP contribution in [0.15, 0.2) is 30.4 Å². The average Bonchev–Trinajstić information content (AvgIpc) is 2.56. The van der Waals surface area contributed by atoms with Gasteiger partial charge in [-0.15, -0.1) is 0 Å². The number of hydrogen-bond acceptors (Lipinski definition) is 3. The third-order valence-corrected chi connectivity index (χ3v) is 6.86. The molecule has 3 nitrogen and oxygen atoms in total. The van der Waals surface area contributed by atoms with Crippen LogP contribution in [0.2, 0.25) is 0 Å². The molecule has 140 valence electrons. The Bertz CT molecular complexity index is 774. The summed E-state index contributed by atoms with van der Waals surface area (Å²) in [6.07, 6.45) is 3.67. The largest absolute Gasteiger partial charge is 0.497 e. The van der Waals surface area contributed by atoms with Crippen molar-refractivity contribution in [2.45, 2.75) is 53.4 Å². The molecule has 1 aromatic rings. The van der Waals surface area contributed by atoms with E-state index in [1.165, 1.54) is 0 Å². The van der Waals surface area contributed by atoms with E-state index < -0.39 is 5.92 Å². The Balaban J connectivity index is 2.08. The Morgan fingerprint density at radius 2 is 1.88 bits per heavy atom. The second-order valence-corrected chi connectivity index (χ2v) is 9.09. The molecule has 0 unspecified atom stereocenters. The molecule has 26 heavy (non-hydrogen) atoms. The lowest BCUT2D eigenvalue weighted by Gasteiger charge is -2.56. The molecule has 2 aliphatic carbocycles. The van der Waals surface area contributed by atoms with Gasteiger partial charge in [0.1, 0.15) is 5.75 Å². The molecule has 2 aliphatic rings. The Morgan fingerprint density at radius 1 is 1.19 bits per heavy atom. The SMILES string of the molecule is C=C1C(=O)C[C@H]2C(C)(C)CCC[C@]2(C)[C@H]1C(=O)c1cc(C)cc(OC)c1. The third-order valence-electron chi connectivity index (χ3n) is 6.86. The molecule has 3 rings (SSSR count). The topological polar surface area (TPSA) is 43.4 Å². The number of fused-ring (bicyclic) bond motifs is 1. The first-order valence-corrected chi connectivity index (χ1v) is 9.52. The van der Waals surface area contributed by atoms with Crippen molar-refractivity contribution in [2.24, 2.45) is 22.7 Å². The van der Waals surface area contributed by atoms with Gasteiger partial charge in [-0.2, -0.15) is 0 Å². The number of Topliss-reactive ketones (excluding diaryl/α,β-unsaturated/α-hetero) is 2. The predicted octanol–water partition coefficient (Wildman–Crippen LogP) is 5.16. The van der Waals surface area contributed by atoms with Crippen LogP contribution >= 0.6 is 0 Å². The summed E-state index contributed by atoms with van der Waals surface area (Å²) < 4.78 is 5.34. The van der Waals surface area contributed by atoms with E-state index in [-0.39, 0.29) is 28.3 Å². The summed E-state index contributed by atoms with van der Waals surface area (Å²) in [5.74, 6) is 0.504. The van der Waals surface area contributed by atoms with Gasteiger partial charge in [0, 0.05) is 12.0 Å². The third kappa shape index (κ3) is 2.91. The van der Waals surface area contributed by atoms with Crippen LogP contribution in [-0.4, -0.2) is 18.7 Å². The lowest BCUT2D eigenvalue weighted by atomic mass is 9.46. The monoisotopic (exact) mass is 354 g/mol. The van der Waals surface area contributed by atoms with Crippen molar-refractivity contribution in [1.29, 1.82) is 0 Å². The minimum atomic E-state index is -0.445. The minimum Gasteiger partial charge on any atom is -0.497 e. The number of ether oxygens (including phenoxy) is 1. The standard InChI is InChI=1S/C23H30O3/c1-14-10-16(12-17(11-14)26-6)21(25)20-15(2)18(24)13-19-22(3,4)8-7-9-23(19,20)5/h10-12,19-20H,2,7-9,13H2,1,3-6H3/t19-,20+,23-/m0/s1. The first-order valence-electron chi connectivity index (χ1n) is 9.52. The lowest BCUT2D eigenvalue weighted by Crippen LogP contribution is -2.54. The zero-order chi connectivity index (χ0) is 19.3. The van der Waals surface area contributed by atoms with Gasteiger partial charge in [-0.25, -0.2) is 0 Å². The molecular weight excluding hydrogens is 324 g/mol. The highest BCUT2D eigenvalue weighted by molar-refractivity contribution is 6.09. The first-order chi connectivity index (χ1) is 12.1. The normalized spacial score (nSPS) is 30.7. The maximum atomic E-state index is 13.6. The molecule has 0 aromatic heterocycles. The molecule has 2 fully saturated rings. The molecule has 3 atom stereocenters. The second kappa shape index (κ2) is 6.37. The quantitative estimate of drug-likeness (QED) is 0.556. The van der Waals surface area contributed by atoms with Gasteiger partial charge in [-0.05, 0) is 65.8 Å². The van der Waals surface area contributed by atoms with Gasteiger partial charge in [0.25, 0.3) is 0 Å². The van der Waals surface area contributed by atoms with Crippen molar-refractivity contribution in [2.75, 3.05) is 7.11 Å². The van der Waals surface area contributed by atoms with Crippen LogP contribution in [0.25, 0.3) is 0 Å². The van der Waals surface area contributed by atoms with Gasteiger partial charge in [0.15, 0.2) is 11.6 Å². The van der Waals surface area contributed by atoms with E-state index in [0.29, 0.717) is 23.3 Å². The average molecular weight is 354 g/mol. The molecule has 0 N–H and O–H groups in total. The predicted molar refractivity (Wildman–Crippen MR) is 104 cm³/mol. The van der Waals surface area contributed by atoms with Crippen LogP contribution in [0.5, 0.6) is 5.75 Å². The van der Waals surface area contributed by atoms with Crippen LogP contribution in [-0.2, 0) is 4.79 Å². The maximum Gasteiger partial charge on any atom is 0.171 e. The number of benzene rings is 1. The minimum absolute atomic E-state index is 0.00949. The van der Waals surface area contributed by atoms with E-state index in [9.17, 15) is 9.59 Å². The Kier molecular flexibility index (Phi) is 4.62. The number of rotatable bonds is 3. The van der Waals surface area contributed by atoms with Crippen molar-refractivity contribution < 1.29 is 14.3 Å². The summed E-state index contributed by atoms with van der Waals surface area (Å²) >= 11 is 0. The van der Waals surface area contributed by atoms with Crippen molar-refractivity contribution in [3.8, 4) is 5.75 Å². The van der Waals surface area contributed by atoms with Gasteiger partial charge in [0.05, 0.1) is 13.0 Å². The molecule has 2 saturated carbocycles. The smallest absolute Gasteiger partial charge is 0.171 e. The van der Waals surface area contributed by atoms with Gasteiger partial charge >= 0.3 is 0 Å². The Hall–Kier alpha value is -1.90. The van der Waals surface area contributed by atoms with Crippen LogP contribution in [0.4, 0.5) is 0 Å². The van der Waals surface area contributed by atoms with E-state index >= 15 is 0 Å². The zero-order valence-corrected chi connectivity index (χ0v) is 16.6. The highest BCUT2D eigenvalue weighted by Gasteiger charge is 2.57. The molecule has 0 heterocycles. The van der Waals surface area contributed by atoms with Gasteiger partial charge in [0.2, 0.25) is 0 Å². The van der Waals surface area contributed by atoms with Crippen molar-refractivity contribution in [3.63, 3.8) is 0 Å². The maximum absolute atomic E-state index is 13.6. The summed E-state index contributed by atoms with van der Waals surface area (Å²) in [6.45, 7) is 12.7. The molecule has 0 amide bonds. The van der Waals surface area contributed by atoms with Crippen LogP contribution in [0.1, 0.15) is 62.4 Å². The second-order valence-electron chi connectivity index (χ2n) is 9.09. The molecule has 1 aromatic carbocycles. The number of ketones is 2. The summed E-state index contributed by atoms with van der Waals surface area (Å²) in [5, 5.41) is 0. The van der Waals surface area contributed by atoms with E-state index in [1.54, 1.807) is 13.2 Å². The fraction of sp³-hybridized carbons (Fsp3) is 0.565. The number of hydrogen-bond donors (Lipinski definition) is 0. The van der Waals surface area contributed by atoms with Gasteiger partial charge < -0.3 is 4.74 Å². The van der Waals surface area contributed by atoms with E-state index in [2.05, 4.69) is 27.4 Å². The van der Waals surface area contributed by atoms with Crippen LogP contribution < -0.4 is 4.74 Å². The number of carbonyl (C=O) groups excluding carboxylic acids is 2. The molecular formula is C23H30O3. The van der Waals surface area contributed by atoms with Gasteiger partial charge in [-0.3, -0.25) is 9.59 Å². The van der Waals surface area contributed by atoms with Crippen molar-refractivity contribution >= 4 is 11.6 Å². The molecule has 0 saturated heterocycles. The first kappa shape index (κ1) is 18.9. The van der Waals surface area contributed by atoms with Crippen molar-refractivity contribution in [3.05, 3.63) is 41.5 Å².